The number of hydrogen-bond acceptors (Lipinski definition) is 6. The molecule has 9 heteroatoms. The molecule has 2 aliphatic rings. The van der Waals surface area contributed by atoms with Crippen molar-refractivity contribution in [3.05, 3.63) is 77.4 Å². The number of aryl methyl sites for hydroxylation is 1. The van der Waals surface area contributed by atoms with Crippen molar-refractivity contribution < 1.29 is 18.3 Å². The number of nitrogens with zero attached hydrogens (tertiary/aromatic N) is 4. The van der Waals surface area contributed by atoms with E-state index >= 15 is 0 Å². The average molecular weight is 463 g/mol. The van der Waals surface area contributed by atoms with E-state index in [9.17, 15) is 13.6 Å². The van der Waals surface area contributed by atoms with Crippen molar-refractivity contribution >= 4 is 11.9 Å². The number of rotatable bonds is 6. The monoisotopic (exact) mass is 463 g/mol. The first kappa shape index (κ1) is 21.9. The number of ether oxygens (including phenoxy) is 1. The van der Waals surface area contributed by atoms with E-state index in [4.69, 9.17) is 10.5 Å². The van der Waals surface area contributed by atoms with Crippen LogP contribution in [0.4, 0.5) is 8.78 Å². The maximum absolute atomic E-state index is 13.7. The van der Waals surface area contributed by atoms with Gasteiger partial charge in [-0.3, -0.25) is 19.7 Å². The first-order valence-corrected chi connectivity index (χ1v) is 10.9. The number of likely N-dealkylation sites (N-methyl/N-ethyl adjacent to an activating group) is 1. The molecule has 5 rings (SSSR count). The van der Waals surface area contributed by atoms with Crippen molar-refractivity contribution in [1.82, 2.24) is 14.9 Å². The van der Waals surface area contributed by atoms with Crippen LogP contribution in [0, 0.1) is 6.92 Å². The van der Waals surface area contributed by atoms with Gasteiger partial charge in [-0.25, -0.2) is 13.8 Å². The minimum absolute atomic E-state index is 0.00645. The zero-order valence-corrected chi connectivity index (χ0v) is 18.7. The summed E-state index contributed by atoms with van der Waals surface area (Å²) in [5.41, 5.74) is 7.13. The Hall–Kier alpha value is -3.88. The van der Waals surface area contributed by atoms with Crippen molar-refractivity contribution in [2.75, 3.05) is 7.05 Å². The molecule has 1 aliphatic heterocycles. The molecule has 1 aliphatic carbocycles. The van der Waals surface area contributed by atoms with Crippen molar-refractivity contribution in [2.45, 2.75) is 37.8 Å². The van der Waals surface area contributed by atoms with Crippen LogP contribution < -0.4 is 10.5 Å². The van der Waals surface area contributed by atoms with Gasteiger partial charge in [0.25, 0.3) is 12.3 Å². The number of pyridine rings is 2. The molecular weight excluding hydrogens is 440 g/mol. The summed E-state index contributed by atoms with van der Waals surface area (Å²) in [6.45, 7) is 1.89. The molecular formula is C25H23F2N5O2. The second-order valence-corrected chi connectivity index (χ2v) is 8.51. The van der Waals surface area contributed by atoms with Gasteiger partial charge in [-0.05, 0) is 72.9 Å². The number of nitrogens with two attached hydrogens (primary N) is 1. The van der Waals surface area contributed by atoms with Gasteiger partial charge in [-0.15, -0.1) is 0 Å². The molecule has 0 saturated heterocycles. The molecule has 0 radical (unpaired) electrons. The molecule has 3 aromatic rings. The molecule has 0 spiro atoms. The minimum Gasteiger partial charge on any atom is -0.490 e. The Bertz CT molecular complexity index is 1310. The lowest BCUT2D eigenvalue weighted by Gasteiger charge is -2.27. The largest absolute Gasteiger partial charge is 0.490 e. The number of halogens is 2. The number of benzene rings is 1. The number of amides is 1. The number of guanidine groups is 1. The number of alkyl halides is 2. The fourth-order valence-electron chi connectivity index (χ4n) is 4.18. The van der Waals surface area contributed by atoms with E-state index in [0.29, 0.717) is 11.3 Å². The topological polar surface area (TPSA) is 93.7 Å². The third kappa shape index (κ3) is 3.67. The maximum Gasteiger partial charge on any atom is 0.280 e. The highest BCUT2D eigenvalue weighted by Gasteiger charge is 2.50. The lowest BCUT2D eigenvalue weighted by Crippen LogP contribution is -2.41. The third-order valence-corrected chi connectivity index (χ3v) is 6.13. The normalized spacial score (nSPS) is 20.1. The van der Waals surface area contributed by atoms with Gasteiger partial charge in [-0.2, -0.15) is 0 Å². The maximum atomic E-state index is 13.7. The summed E-state index contributed by atoms with van der Waals surface area (Å²) in [6, 6.07) is 11.9. The Balaban J connectivity index is 1.77. The predicted octanol–water partition coefficient (Wildman–Crippen LogP) is 3.96. The van der Waals surface area contributed by atoms with Crippen LogP contribution in [0.2, 0.25) is 0 Å². The summed E-state index contributed by atoms with van der Waals surface area (Å²) >= 11 is 0. The first-order chi connectivity index (χ1) is 16.3. The summed E-state index contributed by atoms with van der Waals surface area (Å²) < 4.78 is 33.1. The highest BCUT2D eigenvalue weighted by atomic mass is 19.3. The van der Waals surface area contributed by atoms with Gasteiger partial charge < -0.3 is 10.5 Å². The number of hydrogen-bond donors (Lipinski definition) is 1. The zero-order chi connectivity index (χ0) is 24.0. The van der Waals surface area contributed by atoms with E-state index < -0.39 is 23.6 Å². The number of aliphatic imine (C=N–C) groups is 1. The van der Waals surface area contributed by atoms with Crippen molar-refractivity contribution in [2.24, 2.45) is 10.7 Å². The van der Waals surface area contributed by atoms with Crippen molar-refractivity contribution in [3.63, 3.8) is 0 Å². The quantitative estimate of drug-likeness (QED) is 0.597. The Morgan fingerprint density at radius 3 is 2.56 bits per heavy atom. The Kier molecular flexibility index (Phi) is 5.27. The van der Waals surface area contributed by atoms with Gasteiger partial charge in [0, 0.05) is 30.7 Å². The second kappa shape index (κ2) is 8.16. The Morgan fingerprint density at radius 1 is 1.12 bits per heavy atom. The molecule has 2 aromatic heterocycles. The summed E-state index contributed by atoms with van der Waals surface area (Å²) in [7, 11) is 1.51. The summed E-state index contributed by atoms with van der Waals surface area (Å²) in [6.07, 6.45) is 2.17. The molecule has 174 valence electrons. The molecule has 1 aromatic carbocycles. The van der Waals surface area contributed by atoms with Gasteiger partial charge in [-0.1, -0.05) is 6.07 Å². The van der Waals surface area contributed by atoms with Crippen LogP contribution in [0.1, 0.15) is 41.8 Å². The van der Waals surface area contributed by atoms with Gasteiger partial charge in [0.15, 0.2) is 11.5 Å². The third-order valence-electron chi connectivity index (χ3n) is 6.13. The van der Waals surface area contributed by atoms with E-state index in [2.05, 4.69) is 15.0 Å². The van der Waals surface area contributed by atoms with Crippen LogP contribution in [0.5, 0.6) is 5.75 Å². The average Bonchev–Trinajstić information content (AvgIpc) is 3.61. The lowest BCUT2D eigenvalue weighted by atomic mass is 9.81. The highest BCUT2D eigenvalue weighted by molar-refractivity contribution is 6.09. The van der Waals surface area contributed by atoms with Gasteiger partial charge in [0.05, 0.1) is 6.10 Å². The fourth-order valence-corrected chi connectivity index (χ4v) is 4.18. The van der Waals surface area contributed by atoms with Gasteiger partial charge in [0.2, 0.25) is 0 Å². The molecule has 1 atom stereocenters. The van der Waals surface area contributed by atoms with E-state index in [-0.39, 0.29) is 17.6 Å². The van der Waals surface area contributed by atoms with E-state index in [1.807, 2.05) is 31.2 Å². The molecule has 1 unspecified atom stereocenters. The molecule has 1 saturated carbocycles. The molecule has 1 fully saturated rings. The van der Waals surface area contributed by atoms with Gasteiger partial charge in [0.1, 0.15) is 11.4 Å². The SMILES string of the molecule is Cc1ncccc1-c1cc(OC2CC2)cc(C2(c3ccnc(C(F)F)c3)N=C(N)N(C)C2=O)c1. The number of carbonyl (C=O) groups excluding carboxylic acids is 1. The molecule has 2 N–H and O–H groups in total. The van der Waals surface area contributed by atoms with E-state index in [0.717, 1.165) is 29.7 Å². The van der Waals surface area contributed by atoms with Gasteiger partial charge >= 0.3 is 0 Å². The van der Waals surface area contributed by atoms with Crippen molar-refractivity contribution in [3.8, 4) is 16.9 Å². The molecule has 0 bridgehead atoms. The molecule has 34 heavy (non-hydrogen) atoms. The van der Waals surface area contributed by atoms with Crippen LogP contribution in [0.3, 0.4) is 0 Å². The zero-order valence-electron chi connectivity index (χ0n) is 18.7. The molecule has 3 heterocycles. The first-order valence-electron chi connectivity index (χ1n) is 10.9. The predicted molar refractivity (Wildman–Crippen MR) is 122 cm³/mol. The van der Waals surface area contributed by atoms with Crippen LogP contribution >= 0.6 is 0 Å². The summed E-state index contributed by atoms with van der Waals surface area (Å²) in [4.78, 5) is 27.6. The Labute approximate surface area is 195 Å². The minimum atomic E-state index is -2.80. The van der Waals surface area contributed by atoms with E-state index in [1.165, 1.54) is 30.3 Å². The lowest BCUT2D eigenvalue weighted by molar-refractivity contribution is -0.129. The smallest absolute Gasteiger partial charge is 0.280 e. The van der Waals surface area contributed by atoms with Crippen LogP contribution in [0.15, 0.2) is 59.9 Å². The molecule has 1 amide bonds. The summed E-state index contributed by atoms with van der Waals surface area (Å²) in [5, 5.41) is 0. The Morgan fingerprint density at radius 2 is 1.91 bits per heavy atom. The number of aromatic nitrogens is 2. The number of carbonyl (C=O) groups is 1. The van der Waals surface area contributed by atoms with Crippen LogP contribution in [-0.2, 0) is 10.3 Å². The van der Waals surface area contributed by atoms with Crippen LogP contribution in [0.25, 0.3) is 11.1 Å². The summed E-state index contributed by atoms with van der Waals surface area (Å²) in [5.74, 6) is 0.110. The fraction of sp³-hybridized carbons (Fsp3) is 0.280. The molecule has 7 nitrogen and oxygen atoms in total. The highest BCUT2D eigenvalue weighted by Crippen LogP contribution is 2.43. The standard InChI is InChI=1S/C25H23F2N5O2/c1-14-20(4-3-8-29-14)15-10-17(12-19(11-15)34-18-5-6-18)25(23(33)32(2)24(28)31-25)16-7-9-30-21(13-16)22(26)27/h3-4,7-13,18,22H,5-6H2,1-2H3,(H2,28,31). The van der Waals surface area contributed by atoms with Crippen LogP contribution in [-0.4, -0.2) is 39.9 Å². The second-order valence-electron chi connectivity index (χ2n) is 8.51. The van der Waals surface area contributed by atoms with Crippen molar-refractivity contribution in [1.29, 1.82) is 0 Å². The van der Waals surface area contributed by atoms with E-state index in [1.54, 1.807) is 12.3 Å².